The summed E-state index contributed by atoms with van der Waals surface area (Å²) in [6, 6.07) is 3.79. The first-order valence-electron chi connectivity index (χ1n) is 6.07. The van der Waals surface area contributed by atoms with Crippen molar-refractivity contribution in [1.82, 2.24) is 5.32 Å². The standard InChI is InChI=1S/C13H15FN2O5/c14-8-1-3-9(4-2-8)21-7-12(18)16-10(13(19)20)5-6-11(15)17/h1-4,10H,5-7H2,(H2,15,17)(H,16,18)(H,19,20). The number of benzene rings is 1. The molecule has 1 unspecified atom stereocenters. The molecule has 4 N–H and O–H groups in total. The molecule has 0 aliphatic heterocycles. The minimum atomic E-state index is -1.27. The zero-order valence-electron chi connectivity index (χ0n) is 11.0. The van der Waals surface area contributed by atoms with Crippen LogP contribution in [0.3, 0.4) is 0 Å². The van der Waals surface area contributed by atoms with E-state index in [1.54, 1.807) is 0 Å². The largest absolute Gasteiger partial charge is 0.484 e. The molecule has 0 saturated carbocycles. The van der Waals surface area contributed by atoms with Gasteiger partial charge in [-0.3, -0.25) is 9.59 Å². The molecule has 0 aromatic heterocycles. The van der Waals surface area contributed by atoms with Gasteiger partial charge in [0.15, 0.2) is 6.61 Å². The number of halogens is 1. The van der Waals surface area contributed by atoms with Crippen LogP contribution < -0.4 is 15.8 Å². The lowest BCUT2D eigenvalue weighted by atomic mass is 10.1. The smallest absolute Gasteiger partial charge is 0.326 e. The van der Waals surface area contributed by atoms with Crippen molar-refractivity contribution in [2.45, 2.75) is 18.9 Å². The zero-order valence-corrected chi connectivity index (χ0v) is 11.0. The van der Waals surface area contributed by atoms with Crippen molar-refractivity contribution in [3.63, 3.8) is 0 Å². The van der Waals surface area contributed by atoms with Crippen LogP contribution in [0, 0.1) is 5.82 Å². The maximum Gasteiger partial charge on any atom is 0.326 e. The van der Waals surface area contributed by atoms with Gasteiger partial charge in [-0.05, 0) is 30.7 Å². The van der Waals surface area contributed by atoms with Crippen LogP contribution in [0.4, 0.5) is 4.39 Å². The van der Waals surface area contributed by atoms with Gasteiger partial charge in [-0.15, -0.1) is 0 Å². The molecule has 0 aliphatic carbocycles. The van der Waals surface area contributed by atoms with Crippen molar-refractivity contribution in [3.05, 3.63) is 30.1 Å². The Labute approximate surface area is 119 Å². The van der Waals surface area contributed by atoms with E-state index >= 15 is 0 Å². The number of ether oxygens (including phenoxy) is 1. The Morgan fingerprint density at radius 2 is 1.90 bits per heavy atom. The van der Waals surface area contributed by atoms with E-state index in [4.69, 9.17) is 15.6 Å². The highest BCUT2D eigenvalue weighted by molar-refractivity contribution is 5.85. The van der Waals surface area contributed by atoms with Crippen LogP contribution in [-0.4, -0.2) is 35.5 Å². The first kappa shape index (κ1) is 16.4. The van der Waals surface area contributed by atoms with Crippen molar-refractivity contribution in [3.8, 4) is 5.75 Å². The summed E-state index contributed by atoms with van der Waals surface area (Å²) >= 11 is 0. The Kier molecular flexibility index (Phi) is 6.12. The predicted molar refractivity (Wildman–Crippen MR) is 69.9 cm³/mol. The lowest BCUT2D eigenvalue weighted by Gasteiger charge is -2.14. The fourth-order valence-corrected chi connectivity index (χ4v) is 1.46. The molecular formula is C13H15FN2O5. The summed E-state index contributed by atoms with van der Waals surface area (Å²) in [7, 11) is 0. The first-order chi connectivity index (χ1) is 9.88. The highest BCUT2D eigenvalue weighted by Gasteiger charge is 2.20. The number of carboxylic acids is 1. The number of rotatable bonds is 8. The molecule has 0 saturated heterocycles. The van der Waals surface area contributed by atoms with Crippen LogP contribution in [0.25, 0.3) is 0 Å². The minimum absolute atomic E-state index is 0.104. The van der Waals surface area contributed by atoms with Crippen molar-refractivity contribution >= 4 is 17.8 Å². The van der Waals surface area contributed by atoms with E-state index in [1.807, 2.05) is 0 Å². The number of hydrogen-bond acceptors (Lipinski definition) is 4. The number of primary amides is 1. The normalized spacial score (nSPS) is 11.5. The summed E-state index contributed by atoms with van der Waals surface area (Å²) in [5.41, 5.74) is 4.92. The van der Waals surface area contributed by atoms with Crippen LogP contribution >= 0.6 is 0 Å². The molecule has 1 aromatic carbocycles. The monoisotopic (exact) mass is 298 g/mol. The van der Waals surface area contributed by atoms with E-state index < -0.39 is 36.2 Å². The second-order valence-electron chi connectivity index (χ2n) is 4.21. The number of carbonyl (C=O) groups is 3. The Morgan fingerprint density at radius 3 is 2.43 bits per heavy atom. The maximum absolute atomic E-state index is 12.7. The van der Waals surface area contributed by atoms with Crippen molar-refractivity contribution in [1.29, 1.82) is 0 Å². The first-order valence-corrected chi connectivity index (χ1v) is 6.07. The molecular weight excluding hydrogens is 283 g/mol. The molecule has 114 valence electrons. The predicted octanol–water partition coefficient (Wildman–Crippen LogP) is 0.0394. The quantitative estimate of drug-likeness (QED) is 0.626. The molecule has 21 heavy (non-hydrogen) atoms. The topological polar surface area (TPSA) is 119 Å². The van der Waals surface area contributed by atoms with E-state index in [0.29, 0.717) is 0 Å². The second kappa shape index (κ2) is 7.83. The van der Waals surface area contributed by atoms with E-state index in [2.05, 4.69) is 5.32 Å². The highest BCUT2D eigenvalue weighted by atomic mass is 19.1. The Balaban J connectivity index is 2.44. The highest BCUT2D eigenvalue weighted by Crippen LogP contribution is 2.10. The van der Waals surface area contributed by atoms with Crippen molar-refractivity contribution < 1.29 is 28.6 Å². The van der Waals surface area contributed by atoms with Crippen LogP contribution in [0.15, 0.2) is 24.3 Å². The Morgan fingerprint density at radius 1 is 1.29 bits per heavy atom. The Bertz CT molecular complexity index is 518. The molecule has 0 radical (unpaired) electrons. The molecule has 0 bridgehead atoms. The molecule has 2 amide bonds. The van der Waals surface area contributed by atoms with Gasteiger partial charge in [0.05, 0.1) is 0 Å². The lowest BCUT2D eigenvalue weighted by molar-refractivity contribution is -0.142. The third-order valence-corrected chi connectivity index (χ3v) is 2.50. The molecule has 8 heteroatoms. The number of aliphatic carboxylic acids is 1. The van der Waals surface area contributed by atoms with Crippen LogP contribution in [0.2, 0.25) is 0 Å². The average Bonchev–Trinajstić information content (AvgIpc) is 2.42. The molecule has 0 heterocycles. The Hall–Kier alpha value is -2.64. The van der Waals surface area contributed by atoms with Gasteiger partial charge in [0.2, 0.25) is 5.91 Å². The third-order valence-electron chi connectivity index (χ3n) is 2.50. The summed E-state index contributed by atoms with van der Waals surface area (Å²) in [6.07, 6.45) is -0.261. The van der Waals surface area contributed by atoms with E-state index in [9.17, 15) is 18.8 Å². The molecule has 1 rings (SSSR count). The molecule has 1 atom stereocenters. The number of carbonyl (C=O) groups excluding carboxylic acids is 2. The van der Waals surface area contributed by atoms with Crippen LogP contribution in [0.5, 0.6) is 5.75 Å². The van der Waals surface area contributed by atoms with Gasteiger partial charge in [0, 0.05) is 6.42 Å². The van der Waals surface area contributed by atoms with E-state index in [1.165, 1.54) is 24.3 Å². The average molecular weight is 298 g/mol. The van der Waals surface area contributed by atoms with Gasteiger partial charge in [-0.2, -0.15) is 0 Å². The van der Waals surface area contributed by atoms with Gasteiger partial charge < -0.3 is 20.9 Å². The summed E-state index contributed by atoms with van der Waals surface area (Å²) in [5, 5.41) is 11.1. The number of amides is 2. The maximum atomic E-state index is 12.7. The number of nitrogens with two attached hydrogens (primary N) is 1. The number of hydrogen-bond donors (Lipinski definition) is 3. The van der Waals surface area contributed by atoms with Gasteiger partial charge in [-0.25, -0.2) is 9.18 Å². The molecule has 0 aliphatic rings. The van der Waals surface area contributed by atoms with Gasteiger partial charge in [0.25, 0.3) is 5.91 Å². The van der Waals surface area contributed by atoms with Crippen LogP contribution in [-0.2, 0) is 14.4 Å². The molecule has 0 fully saturated rings. The molecule has 1 aromatic rings. The summed E-state index contributed by atoms with van der Waals surface area (Å²) in [4.78, 5) is 33.1. The molecule has 0 spiro atoms. The third kappa shape index (κ3) is 6.37. The fourth-order valence-electron chi connectivity index (χ4n) is 1.46. The van der Waals surface area contributed by atoms with Crippen LogP contribution in [0.1, 0.15) is 12.8 Å². The van der Waals surface area contributed by atoms with E-state index in [0.717, 1.165) is 0 Å². The zero-order chi connectivity index (χ0) is 15.8. The second-order valence-corrected chi connectivity index (χ2v) is 4.21. The van der Waals surface area contributed by atoms with Gasteiger partial charge in [-0.1, -0.05) is 0 Å². The number of carboxylic acid groups (broad SMARTS) is 1. The fraction of sp³-hybridized carbons (Fsp3) is 0.308. The SMILES string of the molecule is NC(=O)CCC(NC(=O)COc1ccc(F)cc1)C(=O)O. The van der Waals surface area contributed by atoms with E-state index in [-0.39, 0.29) is 18.6 Å². The number of nitrogens with one attached hydrogen (secondary N) is 1. The summed E-state index contributed by atoms with van der Waals surface area (Å²) in [6.45, 7) is -0.425. The minimum Gasteiger partial charge on any atom is -0.484 e. The lowest BCUT2D eigenvalue weighted by Crippen LogP contribution is -2.43. The summed E-state index contributed by atoms with van der Waals surface area (Å²) < 4.78 is 17.7. The molecule has 7 nitrogen and oxygen atoms in total. The van der Waals surface area contributed by atoms with Crippen molar-refractivity contribution in [2.75, 3.05) is 6.61 Å². The van der Waals surface area contributed by atoms with Gasteiger partial charge in [0.1, 0.15) is 17.6 Å². The van der Waals surface area contributed by atoms with Crippen molar-refractivity contribution in [2.24, 2.45) is 5.73 Å². The van der Waals surface area contributed by atoms with Gasteiger partial charge >= 0.3 is 5.97 Å². The summed E-state index contributed by atoms with van der Waals surface area (Å²) in [5.74, 6) is -2.76.